The predicted molar refractivity (Wildman–Crippen MR) is 112 cm³/mol. The fraction of sp³-hybridized carbons (Fsp3) is 0.286. The number of nitrogens with one attached hydrogen (secondary N) is 1. The molecule has 1 N–H and O–H groups in total. The van der Waals surface area contributed by atoms with Crippen LogP contribution in [0, 0.1) is 0 Å². The molecule has 0 aliphatic carbocycles. The zero-order chi connectivity index (χ0) is 20.4. The lowest BCUT2D eigenvalue weighted by Crippen LogP contribution is -2.57. The summed E-state index contributed by atoms with van der Waals surface area (Å²) in [5.74, 6) is 1.05. The fourth-order valence-corrected chi connectivity index (χ4v) is 4.85. The van der Waals surface area contributed by atoms with Gasteiger partial charge in [0, 0.05) is 29.4 Å². The van der Waals surface area contributed by atoms with Crippen molar-refractivity contribution in [1.82, 2.24) is 15.1 Å². The number of benzene rings is 2. The number of carbonyl (C=O) groups is 3. The van der Waals surface area contributed by atoms with Crippen molar-refractivity contribution in [2.24, 2.45) is 0 Å². The summed E-state index contributed by atoms with van der Waals surface area (Å²) in [4.78, 5) is 40.5. The van der Waals surface area contributed by atoms with E-state index in [-0.39, 0.29) is 30.3 Å². The van der Waals surface area contributed by atoms with Gasteiger partial charge < -0.3 is 15.1 Å². The van der Waals surface area contributed by atoms with Gasteiger partial charge in [-0.3, -0.25) is 14.4 Å². The maximum Gasteiger partial charge on any atom is 0.251 e. The van der Waals surface area contributed by atoms with Crippen molar-refractivity contribution in [1.29, 1.82) is 0 Å². The van der Waals surface area contributed by atoms with Crippen molar-refractivity contribution in [3.63, 3.8) is 0 Å². The largest absolute Gasteiger partial charge is 0.348 e. The number of nitrogens with zero attached hydrogens (tertiary/aromatic N) is 2. The molecule has 29 heavy (non-hydrogen) atoms. The Labute approximate surface area is 178 Å². The van der Waals surface area contributed by atoms with Crippen molar-refractivity contribution in [3.05, 3.63) is 70.2 Å². The predicted octanol–water partition coefficient (Wildman–Crippen LogP) is 2.51. The lowest BCUT2D eigenvalue weighted by Gasteiger charge is -2.35. The molecule has 150 valence electrons. The average Bonchev–Trinajstić information content (AvgIpc) is 3.22. The van der Waals surface area contributed by atoms with E-state index in [1.54, 1.807) is 39.8 Å². The van der Waals surface area contributed by atoms with Crippen LogP contribution in [0.25, 0.3) is 0 Å². The molecule has 0 aromatic heterocycles. The second kappa shape index (κ2) is 8.47. The highest BCUT2D eigenvalue weighted by Gasteiger charge is 2.42. The number of halogens is 1. The van der Waals surface area contributed by atoms with E-state index < -0.39 is 0 Å². The highest BCUT2D eigenvalue weighted by molar-refractivity contribution is 7.99. The van der Waals surface area contributed by atoms with Crippen molar-refractivity contribution in [2.45, 2.75) is 19.1 Å². The summed E-state index contributed by atoms with van der Waals surface area (Å²) >= 11 is 7.72. The van der Waals surface area contributed by atoms with E-state index >= 15 is 0 Å². The van der Waals surface area contributed by atoms with E-state index in [2.05, 4.69) is 5.32 Å². The molecule has 0 bridgehead atoms. The van der Waals surface area contributed by atoms with Crippen LogP contribution < -0.4 is 5.32 Å². The molecule has 1 atom stereocenters. The average molecular weight is 430 g/mol. The Morgan fingerprint density at radius 1 is 1.14 bits per heavy atom. The Hall–Kier alpha value is -2.51. The quantitative estimate of drug-likeness (QED) is 0.792. The third-order valence-corrected chi connectivity index (χ3v) is 6.49. The van der Waals surface area contributed by atoms with Gasteiger partial charge in [0.1, 0.15) is 12.6 Å². The normalized spacial score (nSPS) is 18.7. The first-order chi connectivity index (χ1) is 14.0. The van der Waals surface area contributed by atoms with Crippen LogP contribution in [0.5, 0.6) is 0 Å². The van der Waals surface area contributed by atoms with Gasteiger partial charge in [-0.05, 0) is 29.3 Å². The summed E-state index contributed by atoms with van der Waals surface area (Å²) < 4.78 is 0. The minimum absolute atomic E-state index is 0.00356. The number of piperazine rings is 1. The van der Waals surface area contributed by atoms with Crippen molar-refractivity contribution >= 4 is 41.1 Å². The SMILES string of the molecule is O=C(NCc1ccccc1Cl)c1ccc(CN2CC(=O)N3CSC[C@H]3C2=O)cc1. The first kappa shape index (κ1) is 19.8. The molecule has 2 aromatic carbocycles. The van der Waals surface area contributed by atoms with Gasteiger partial charge >= 0.3 is 0 Å². The number of carbonyl (C=O) groups excluding carboxylic acids is 3. The maximum atomic E-state index is 12.6. The molecule has 2 fully saturated rings. The minimum Gasteiger partial charge on any atom is -0.348 e. The maximum absolute atomic E-state index is 12.6. The summed E-state index contributed by atoms with van der Waals surface area (Å²) in [5.41, 5.74) is 2.26. The Kier molecular flexibility index (Phi) is 5.78. The Balaban J connectivity index is 1.36. The number of thioether (sulfide) groups is 1. The van der Waals surface area contributed by atoms with Crippen LogP contribution in [-0.2, 0) is 22.7 Å². The molecule has 0 spiro atoms. The Bertz CT molecular complexity index is 950. The molecule has 2 heterocycles. The van der Waals surface area contributed by atoms with E-state index in [1.165, 1.54) is 0 Å². The zero-order valence-electron chi connectivity index (χ0n) is 15.6. The summed E-state index contributed by atoms with van der Waals surface area (Å²) in [7, 11) is 0. The molecular weight excluding hydrogens is 410 g/mol. The van der Waals surface area contributed by atoms with E-state index in [4.69, 9.17) is 11.6 Å². The first-order valence-electron chi connectivity index (χ1n) is 9.29. The highest BCUT2D eigenvalue weighted by Crippen LogP contribution is 2.26. The van der Waals surface area contributed by atoms with Crippen LogP contribution in [0.2, 0.25) is 5.02 Å². The topological polar surface area (TPSA) is 69.7 Å². The van der Waals surface area contributed by atoms with Gasteiger partial charge in [-0.25, -0.2) is 0 Å². The lowest BCUT2D eigenvalue weighted by molar-refractivity contribution is -0.153. The van der Waals surface area contributed by atoms with E-state index in [9.17, 15) is 14.4 Å². The van der Waals surface area contributed by atoms with Gasteiger partial charge in [0.2, 0.25) is 11.8 Å². The zero-order valence-corrected chi connectivity index (χ0v) is 17.2. The summed E-state index contributed by atoms with van der Waals surface area (Å²) in [5, 5.41) is 3.47. The first-order valence-corrected chi connectivity index (χ1v) is 10.8. The number of amides is 3. The second-order valence-corrected chi connectivity index (χ2v) is 8.45. The highest BCUT2D eigenvalue weighted by atomic mass is 35.5. The smallest absolute Gasteiger partial charge is 0.251 e. The molecule has 0 unspecified atom stereocenters. The summed E-state index contributed by atoms with van der Waals surface area (Å²) in [6, 6.07) is 14.1. The minimum atomic E-state index is -0.337. The van der Waals surface area contributed by atoms with Gasteiger partial charge in [0.25, 0.3) is 5.91 Å². The number of hydrogen-bond acceptors (Lipinski definition) is 4. The lowest BCUT2D eigenvalue weighted by atomic mass is 10.1. The summed E-state index contributed by atoms with van der Waals surface area (Å²) in [6.07, 6.45) is 0. The molecule has 0 radical (unpaired) electrons. The number of rotatable bonds is 5. The Morgan fingerprint density at radius 3 is 2.66 bits per heavy atom. The standard InChI is InChI=1S/C21H20ClN3O3S/c22-17-4-2-1-3-16(17)9-23-20(27)15-7-5-14(6-8-15)10-24-11-19(26)25-13-29-12-18(25)21(24)28/h1-8,18H,9-13H2,(H,23,27)/t18-/m0/s1. The molecule has 2 saturated heterocycles. The van der Waals surface area contributed by atoms with Crippen molar-refractivity contribution in [2.75, 3.05) is 18.2 Å². The van der Waals surface area contributed by atoms with Crippen LogP contribution >= 0.6 is 23.4 Å². The van der Waals surface area contributed by atoms with Crippen LogP contribution in [-0.4, -0.2) is 51.7 Å². The molecule has 6 nitrogen and oxygen atoms in total. The monoisotopic (exact) mass is 429 g/mol. The summed E-state index contributed by atoms with van der Waals surface area (Å²) in [6.45, 7) is 0.817. The molecule has 8 heteroatoms. The van der Waals surface area contributed by atoms with Gasteiger partial charge in [-0.15, -0.1) is 11.8 Å². The Morgan fingerprint density at radius 2 is 1.90 bits per heavy atom. The third kappa shape index (κ3) is 4.26. The molecule has 3 amide bonds. The third-order valence-electron chi connectivity index (χ3n) is 5.11. The molecule has 4 rings (SSSR count). The van der Waals surface area contributed by atoms with Crippen LogP contribution in [0.15, 0.2) is 48.5 Å². The van der Waals surface area contributed by atoms with Gasteiger partial charge in [0.15, 0.2) is 0 Å². The molecule has 2 aromatic rings. The molecule has 0 saturated carbocycles. The number of fused-ring (bicyclic) bond motifs is 1. The van der Waals surface area contributed by atoms with Crippen molar-refractivity contribution < 1.29 is 14.4 Å². The molecular formula is C21H20ClN3O3S. The van der Waals surface area contributed by atoms with E-state index in [1.807, 2.05) is 30.3 Å². The van der Waals surface area contributed by atoms with Crippen molar-refractivity contribution in [3.8, 4) is 0 Å². The van der Waals surface area contributed by atoms with Gasteiger partial charge in [-0.1, -0.05) is 41.9 Å². The van der Waals surface area contributed by atoms with Crippen LogP contribution in [0.1, 0.15) is 21.5 Å². The van der Waals surface area contributed by atoms with Gasteiger partial charge in [-0.2, -0.15) is 0 Å². The molecule has 2 aliphatic rings. The fourth-order valence-electron chi connectivity index (χ4n) is 3.47. The van der Waals surface area contributed by atoms with E-state index in [0.29, 0.717) is 35.3 Å². The van der Waals surface area contributed by atoms with Crippen LogP contribution in [0.4, 0.5) is 0 Å². The van der Waals surface area contributed by atoms with Gasteiger partial charge in [0.05, 0.1) is 5.88 Å². The van der Waals surface area contributed by atoms with Crippen LogP contribution in [0.3, 0.4) is 0 Å². The van der Waals surface area contributed by atoms with E-state index in [0.717, 1.165) is 11.1 Å². The molecule has 2 aliphatic heterocycles. The second-order valence-electron chi connectivity index (χ2n) is 7.04. The number of hydrogen-bond donors (Lipinski definition) is 1.